The number of hydrogen-bond acceptors (Lipinski definition) is 3. The summed E-state index contributed by atoms with van der Waals surface area (Å²) in [6, 6.07) is 16.6. The molecule has 3 rings (SSSR count). The van der Waals surface area contributed by atoms with Crippen LogP contribution in [0.25, 0.3) is 0 Å². The number of fused-ring (bicyclic) bond motifs is 1. The van der Waals surface area contributed by atoms with Gasteiger partial charge in [0.25, 0.3) is 0 Å². The summed E-state index contributed by atoms with van der Waals surface area (Å²) in [4.78, 5) is 0. The van der Waals surface area contributed by atoms with Crippen molar-refractivity contribution in [3.63, 3.8) is 0 Å². The average molecular weight is 317 g/mol. The molecule has 0 saturated carbocycles. The van der Waals surface area contributed by atoms with Gasteiger partial charge >= 0.3 is 10.2 Å². The van der Waals surface area contributed by atoms with Gasteiger partial charge in [-0.3, -0.25) is 4.31 Å². The summed E-state index contributed by atoms with van der Waals surface area (Å²) in [5, 5.41) is 3.05. The molecule has 5 nitrogen and oxygen atoms in total. The quantitative estimate of drug-likeness (QED) is 0.862. The molecule has 1 aliphatic heterocycles. The van der Waals surface area contributed by atoms with Crippen LogP contribution in [0.1, 0.15) is 6.42 Å². The van der Waals surface area contributed by atoms with Crippen LogP contribution in [0.4, 0.5) is 17.1 Å². The first-order valence-corrected chi connectivity index (χ1v) is 8.67. The first-order valence-electron chi connectivity index (χ1n) is 7.28. The van der Waals surface area contributed by atoms with E-state index < -0.39 is 10.2 Å². The molecule has 6 heteroatoms. The number of nitrogens with zero attached hydrogens (tertiary/aromatic N) is 2. The fraction of sp³-hybridized carbons (Fsp3) is 0.250. The normalized spacial score (nSPS) is 15.9. The van der Waals surface area contributed by atoms with Crippen LogP contribution in [-0.2, 0) is 10.2 Å². The van der Waals surface area contributed by atoms with Crippen molar-refractivity contribution in [1.82, 2.24) is 5.32 Å². The third-order valence-electron chi connectivity index (χ3n) is 3.66. The van der Waals surface area contributed by atoms with Crippen molar-refractivity contribution in [2.45, 2.75) is 6.42 Å². The van der Waals surface area contributed by atoms with Crippen LogP contribution in [-0.4, -0.2) is 28.6 Å². The highest BCUT2D eigenvalue weighted by molar-refractivity contribution is 7.95. The summed E-state index contributed by atoms with van der Waals surface area (Å²) < 4.78 is 28.9. The van der Waals surface area contributed by atoms with E-state index in [2.05, 4.69) is 5.32 Å². The van der Waals surface area contributed by atoms with Gasteiger partial charge in [-0.15, -0.1) is 0 Å². The van der Waals surface area contributed by atoms with Crippen LogP contribution in [0.3, 0.4) is 0 Å². The van der Waals surface area contributed by atoms with E-state index in [1.165, 1.54) is 8.61 Å². The predicted octanol–water partition coefficient (Wildman–Crippen LogP) is 2.50. The number of anilines is 3. The molecule has 116 valence electrons. The molecule has 0 saturated heterocycles. The van der Waals surface area contributed by atoms with E-state index in [4.69, 9.17) is 0 Å². The molecule has 0 atom stereocenters. The highest BCUT2D eigenvalue weighted by Gasteiger charge is 2.40. The minimum atomic E-state index is -3.58. The van der Waals surface area contributed by atoms with E-state index in [9.17, 15) is 8.42 Å². The molecule has 0 bridgehead atoms. The van der Waals surface area contributed by atoms with E-state index in [1.54, 1.807) is 0 Å². The summed E-state index contributed by atoms with van der Waals surface area (Å²) in [7, 11) is -1.72. The molecule has 0 aromatic heterocycles. The van der Waals surface area contributed by atoms with Crippen LogP contribution in [0, 0.1) is 0 Å². The smallest absolute Gasteiger partial charge is 0.320 e. The summed E-state index contributed by atoms with van der Waals surface area (Å²) >= 11 is 0. The van der Waals surface area contributed by atoms with E-state index in [0.29, 0.717) is 17.9 Å². The number of benzene rings is 2. The summed E-state index contributed by atoms with van der Waals surface area (Å²) in [5.74, 6) is 0. The standard InChI is InChI=1S/C16H19N3O2S/c1-17-12-7-13-18-15-10-5-6-11-16(15)19(22(18,20)21)14-8-3-2-4-9-14/h2-6,8-11,17H,7,12-13H2,1H3. The van der Waals surface area contributed by atoms with E-state index >= 15 is 0 Å². The summed E-state index contributed by atoms with van der Waals surface area (Å²) in [5.41, 5.74) is 2.10. The van der Waals surface area contributed by atoms with Crippen molar-refractivity contribution in [3.05, 3.63) is 54.6 Å². The van der Waals surface area contributed by atoms with Gasteiger partial charge in [0, 0.05) is 6.54 Å². The van der Waals surface area contributed by atoms with Gasteiger partial charge in [0.1, 0.15) is 0 Å². The van der Waals surface area contributed by atoms with Gasteiger partial charge in [0.2, 0.25) is 0 Å². The largest absolute Gasteiger partial charge is 0.330 e. The zero-order valence-corrected chi connectivity index (χ0v) is 13.3. The Labute approximate surface area is 131 Å². The lowest BCUT2D eigenvalue weighted by atomic mass is 10.2. The van der Waals surface area contributed by atoms with Crippen LogP contribution < -0.4 is 13.9 Å². The molecule has 0 fully saturated rings. The SMILES string of the molecule is CNCCCN1c2ccccc2N(c2ccccc2)S1(=O)=O. The Balaban J connectivity index is 2.05. The fourth-order valence-corrected chi connectivity index (χ4v) is 4.42. The lowest BCUT2D eigenvalue weighted by molar-refractivity contribution is 0.591. The third kappa shape index (κ3) is 2.44. The second kappa shape index (κ2) is 5.98. The maximum atomic E-state index is 13.0. The van der Waals surface area contributed by atoms with Crippen LogP contribution in [0.5, 0.6) is 0 Å². The maximum absolute atomic E-state index is 13.0. The van der Waals surface area contributed by atoms with Gasteiger partial charge in [-0.1, -0.05) is 30.3 Å². The molecular weight excluding hydrogens is 298 g/mol. The molecule has 22 heavy (non-hydrogen) atoms. The van der Waals surface area contributed by atoms with Gasteiger partial charge in [0.05, 0.1) is 17.1 Å². The lowest BCUT2D eigenvalue weighted by Gasteiger charge is -2.21. The minimum Gasteiger partial charge on any atom is -0.320 e. The molecule has 2 aromatic carbocycles. The molecule has 2 aromatic rings. The topological polar surface area (TPSA) is 52.6 Å². The van der Waals surface area contributed by atoms with Crippen molar-refractivity contribution in [2.24, 2.45) is 0 Å². The third-order valence-corrected chi connectivity index (χ3v) is 5.46. The Hall–Kier alpha value is -2.05. The molecule has 0 unspecified atom stereocenters. The van der Waals surface area contributed by atoms with Crippen LogP contribution >= 0.6 is 0 Å². The Kier molecular flexibility index (Phi) is 4.04. The zero-order chi connectivity index (χ0) is 15.6. The summed E-state index contributed by atoms with van der Waals surface area (Å²) in [6.07, 6.45) is 0.757. The van der Waals surface area contributed by atoms with E-state index in [0.717, 1.165) is 18.7 Å². The highest BCUT2D eigenvalue weighted by atomic mass is 32.2. The Morgan fingerprint density at radius 3 is 2.27 bits per heavy atom. The minimum absolute atomic E-state index is 0.462. The second-order valence-corrected chi connectivity index (χ2v) is 6.83. The van der Waals surface area contributed by atoms with Crippen LogP contribution in [0.2, 0.25) is 0 Å². The first kappa shape index (κ1) is 14.9. The molecule has 1 N–H and O–H groups in total. The molecule has 1 heterocycles. The van der Waals surface area contributed by atoms with E-state index in [1.807, 2.05) is 61.6 Å². The number of hydrogen-bond donors (Lipinski definition) is 1. The molecular formula is C16H19N3O2S. The zero-order valence-electron chi connectivity index (χ0n) is 12.4. The first-order chi connectivity index (χ1) is 10.7. The maximum Gasteiger partial charge on any atom is 0.330 e. The Bertz CT molecular complexity index is 747. The Morgan fingerprint density at radius 1 is 0.955 bits per heavy atom. The number of nitrogens with one attached hydrogen (secondary N) is 1. The van der Waals surface area contributed by atoms with Crippen LogP contribution in [0.15, 0.2) is 54.6 Å². The predicted molar refractivity (Wildman–Crippen MR) is 89.8 cm³/mol. The molecule has 0 radical (unpaired) electrons. The van der Waals surface area contributed by atoms with E-state index in [-0.39, 0.29) is 0 Å². The van der Waals surface area contributed by atoms with Crippen molar-refractivity contribution in [3.8, 4) is 0 Å². The van der Waals surface area contributed by atoms with Crippen molar-refractivity contribution in [2.75, 3.05) is 28.7 Å². The van der Waals surface area contributed by atoms with Gasteiger partial charge in [-0.05, 0) is 44.3 Å². The summed E-state index contributed by atoms with van der Waals surface area (Å²) in [6.45, 7) is 1.24. The van der Waals surface area contributed by atoms with Crippen molar-refractivity contribution >= 4 is 27.3 Å². The Morgan fingerprint density at radius 2 is 1.59 bits per heavy atom. The van der Waals surface area contributed by atoms with Gasteiger partial charge < -0.3 is 5.32 Å². The highest BCUT2D eigenvalue weighted by Crippen LogP contribution is 2.44. The number of rotatable bonds is 5. The monoisotopic (exact) mass is 317 g/mol. The van der Waals surface area contributed by atoms with Gasteiger partial charge in [-0.2, -0.15) is 8.42 Å². The molecule has 0 amide bonds. The molecule has 0 aliphatic carbocycles. The lowest BCUT2D eigenvalue weighted by Crippen LogP contribution is -2.36. The molecule has 0 spiro atoms. The number of para-hydroxylation sites is 3. The fourth-order valence-electron chi connectivity index (χ4n) is 2.66. The van der Waals surface area contributed by atoms with Gasteiger partial charge in [-0.25, -0.2) is 4.31 Å². The average Bonchev–Trinajstić information content (AvgIpc) is 2.75. The molecule has 1 aliphatic rings. The van der Waals surface area contributed by atoms with Crippen molar-refractivity contribution < 1.29 is 8.42 Å². The van der Waals surface area contributed by atoms with Crippen molar-refractivity contribution in [1.29, 1.82) is 0 Å². The second-order valence-electron chi connectivity index (χ2n) is 5.13. The van der Waals surface area contributed by atoms with Gasteiger partial charge in [0.15, 0.2) is 0 Å².